The topological polar surface area (TPSA) is 12.9 Å². The zero-order chi connectivity index (χ0) is 8.77. The maximum Gasteiger partial charge on any atom is 0.159 e. The second kappa shape index (κ2) is 2.81. The van der Waals surface area contributed by atoms with Gasteiger partial charge in [0.2, 0.25) is 0 Å². The summed E-state index contributed by atoms with van der Waals surface area (Å²) in [6.45, 7) is 4.58. The molecule has 0 fully saturated rings. The van der Waals surface area contributed by atoms with Crippen molar-refractivity contribution in [2.45, 2.75) is 38.5 Å². The van der Waals surface area contributed by atoms with E-state index in [1.54, 1.807) is 11.3 Å². The van der Waals surface area contributed by atoms with E-state index in [1.807, 2.05) is 0 Å². The van der Waals surface area contributed by atoms with Gasteiger partial charge in [-0.25, -0.2) is 4.98 Å². The van der Waals surface area contributed by atoms with E-state index >= 15 is 0 Å². The molecule has 2 rings (SSSR count). The van der Waals surface area contributed by atoms with Gasteiger partial charge in [-0.3, -0.25) is 0 Å². The summed E-state index contributed by atoms with van der Waals surface area (Å²) in [5, 5.41) is 0. The molecule has 66 valence electrons. The number of hydrogen-bond acceptors (Lipinski definition) is 2. The van der Waals surface area contributed by atoms with Crippen molar-refractivity contribution in [3.05, 3.63) is 14.5 Å². The Morgan fingerprint density at radius 1 is 1.50 bits per heavy atom. The monoisotopic (exact) mass is 245 g/mol. The minimum atomic E-state index is 0.302. The fourth-order valence-corrected chi connectivity index (χ4v) is 3.60. The molecule has 0 radical (unpaired) electrons. The van der Waals surface area contributed by atoms with Gasteiger partial charge in [0.15, 0.2) is 3.92 Å². The van der Waals surface area contributed by atoms with E-state index in [0.29, 0.717) is 5.41 Å². The lowest BCUT2D eigenvalue weighted by atomic mass is 9.79. The molecule has 0 aromatic carbocycles. The number of halogens is 1. The lowest BCUT2D eigenvalue weighted by Gasteiger charge is -2.27. The standard InChI is InChI=1S/C9H12BrNS/c1-9(2)5-3-4-6-7(9)11-8(10)12-6/h3-5H2,1-2H3. The van der Waals surface area contributed by atoms with Crippen LogP contribution in [-0.4, -0.2) is 4.98 Å². The van der Waals surface area contributed by atoms with Crippen molar-refractivity contribution in [3.63, 3.8) is 0 Å². The predicted molar refractivity (Wildman–Crippen MR) is 55.8 cm³/mol. The SMILES string of the molecule is CC1(C)CCCc2sc(Br)nc21. The van der Waals surface area contributed by atoms with Crippen molar-refractivity contribution in [2.75, 3.05) is 0 Å². The van der Waals surface area contributed by atoms with Gasteiger partial charge in [-0.2, -0.15) is 0 Å². The van der Waals surface area contributed by atoms with Crippen LogP contribution in [0.5, 0.6) is 0 Å². The molecule has 1 nitrogen and oxygen atoms in total. The molecule has 0 amide bonds. The predicted octanol–water partition coefficient (Wildman–Crippen LogP) is 3.52. The summed E-state index contributed by atoms with van der Waals surface area (Å²) in [6, 6.07) is 0. The Morgan fingerprint density at radius 3 is 2.92 bits per heavy atom. The van der Waals surface area contributed by atoms with Crippen LogP contribution in [0, 0.1) is 0 Å². The number of nitrogens with zero attached hydrogens (tertiary/aromatic N) is 1. The van der Waals surface area contributed by atoms with Crippen molar-refractivity contribution < 1.29 is 0 Å². The normalized spacial score (nSPS) is 20.6. The van der Waals surface area contributed by atoms with Gasteiger partial charge in [-0.05, 0) is 35.2 Å². The van der Waals surface area contributed by atoms with Crippen LogP contribution in [0.15, 0.2) is 3.92 Å². The highest BCUT2D eigenvalue weighted by atomic mass is 79.9. The summed E-state index contributed by atoms with van der Waals surface area (Å²) in [5.74, 6) is 0. The molecule has 12 heavy (non-hydrogen) atoms. The van der Waals surface area contributed by atoms with E-state index in [0.717, 1.165) is 3.92 Å². The van der Waals surface area contributed by atoms with Gasteiger partial charge in [-0.1, -0.05) is 13.8 Å². The van der Waals surface area contributed by atoms with Crippen LogP contribution in [0.25, 0.3) is 0 Å². The fraction of sp³-hybridized carbons (Fsp3) is 0.667. The Labute approximate surface area is 85.3 Å². The summed E-state index contributed by atoms with van der Waals surface area (Å²) in [5.41, 5.74) is 1.63. The lowest BCUT2D eigenvalue weighted by Crippen LogP contribution is -2.23. The maximum atomic E-state index is 4.54. The second-order valence-electron chi connectivity index (χ2n) is 3.98. The zero-order valence-electron chi connectivity index (χ0n) is 7.35. The first-order valence-corrected chi connectivity index (χ1v) is 5.86. The molecule has 1 aromatic heterocycles. The molecule has 1 aliphatic rings. The van der Waals surface area contributed by atoms with Crippen LogP contribution in [0.4, 0.5) is 0 Å². The minimum absolute atomic E-state index is 0.302. The van der Waals surface area contributed by atoms with Crippen molar-refractivity contribution in [2.24, 2.45) is 0 Å². The van der Waals surface area contributed by atoms with Gasteiger partial charge < -0.3 is 0 Å². The Balaban J connectivity index is 2.51. The number of hydrogen-bond donors (Lipinski definition) is 0. The summed E-state index contributed by atoms with van der Waals surface area (Å²) in [6.07, 6.45) is 3.81. The number of aromatic nitrogens is 1. The van der Waals surface area contributed by atoms with Crippen LogP contribution in [0.1, 0.15) is 37.3 Å². The smallest absolute Gasteiger partial charge is 0.159 e. The molecule has 0 spiro atoms. The molecule has 0 aliphatic heterocycles. The van der Waals surface area contributed by atoms with Gasteiger partial charge in [0.25, 0.3) is 0 Å². The van der Waals surface area contributed by atoms with E-state index in [1.165, 1.54) is 29.8 Å². The first-order chi connectivity index (χ1) is 5.59. The molecule has 0 saturated heterocycles. The highest BCUT2D eigenvalue weighted by Crippen LogP contribution is 2.39. The van der Waals surface area contributed by atoms with Crippen molar-refractivity contribution >= 4 is 27.3 Å². The van der Waals surface area contributed by atoms with E-state index in [9.17, 15) is 0 Å². The van der Waals surface area contributed by atoms with E-state index < -0.39 is 0 Å². The van der Waals surface area contributed by atoms with Crippen LogP contribution < -0.4 is 0 Å². The van der Waals surface area contributed by atoms with Crippen LogP contribution in [-0.2, 0) is 11.8 Å². The number of rotatable bonds is 0. The molecule has 1 aromatic rings. The van der Waals surface area contributed by atoms with Crippen LogP contribution in [0.2, 0.25) is 0 Å². The van der Waals surface area contributed by atoms with E-state index in [-0.39, 0.29) is 0 Å². The number of aryl methyl sites for hydroxylation is 1. The van der Waals surface area contributed by atoms with Gasteiger partial charge in [-0.15, -0.1) is 11.3 Å². The first kappa shape index (κ1) is 8.70. The third-order valence-electron chi connectivity index (χ3n) is 2.52. The largest absolute Gasteiger partial charge is 0.233 e. The molecule has 0 bridgehead atoms. The average molecular weight is 246 g/mol. The average Bonchev–Trinajstić information content (AvgIpc) is 2.30. The highest BCUT2D eigenvalue weighted by Gasteiger charge is 2.30. The third kappa shape index (κ3) is 1.33. The van der Waals surface area contributed by atoms with Crippen molar-refractivity contribution in [3.8, 4) is 0 Å². The Hall–Kier alpha value is 0.110. The molecular weight excluding hydrogens is 234 g/mol. The van der Waals surface area contributed by atoms with Crippen molar-refractivity contribution in [1.29, 1.82) is 0 Å². The van der Waals surface area contributed by atoms with Gasteiger partial charge in [0.05, 0.1) is 5.69 Å². The summed E-state index contributed by atoms with van der Waals surface area (Å²) >= 11 is 5.25. The quantitative estimate of drug-likeness (QED) is 0.682. The van der Waals surface area contributed by atoms with Gasteiger partial charge in [0, 0.05) is 10.3 Å². The molecule has 1 heterocycles. The van der Waals surface area contributed by atoms with Gasteiger partial charge in [0.1, 0.15) is 0 Å². The Bertz CT molecular complexity index is 303. The first-order valence-electron chi connectivity index (χ1n) is 4.25. The highest BCUT2D eigenvalue weighted by molar-refractivity contribution is 9.11. The van der Waals surface area contributed by atoms with E-state index in [4.69, 9.17) is 0 Å². The third-order valence-corrected chi connectivity index (χ3v) is 4.08. The molecular formula is C9H12BrNS. The molecule has 1 aliphatic carbocycles. The van der Waals surface area contributed by atoms with Crippen LogP contribution >= 0.6 is 27.3 Å². The van der Waals surface area contributed by atoms with Crippen molar-refractivity contribution in [1.82, 2.24) is 4.98 Å². The maximum absolute atomic E-state index is 4.54. The fourth-order valence-electron chi connectivity index (χ4n) is 1.83. The zero-order valence-corrected chi connectivity index (χ0v) is 9.76. The van der Waals surface area contributed by atoms with Gasteiger partial charge >= 0.3 is 0 Å². The summed E-state index contributed by atoms with van der Waals surface area (Å²) in [7, 11) is 0. The molecule has 0 atom stereocenters. The molecule has 0 saturated carbocycles. The van der Waals surface area contributed by atoms with E-state index in [2.05, 4.69) is 34.8 Å². The summed E-state index contributed by atoms with van der Waals surface area (Å²) in [4.78, 5) is 6.02. The Kier molecular flexibility index (Phi) is 2.04. The lowest BCUT2D eigenvalue weighted by molar-refractivity contribution is 0.424. The molecule has 0 unspecified atom stereocenters. The summed E-state index contributed by atoms with van der Waals surface area (Å²) < 4.78 is 1.04. The molecule has 3 heteroatoms. The van der Waals surface area contributed by atoms with Crippen LogP contribution in [0.3, 0.4) is 0 Å². The Morgan fingerprint density at radius 2 is 2.25 bits per heavy atom. The second-order valence-corrected chi connectivity index (χ2v) is 6.34. The number of fused-ring (bicyclic) bond motifs is 1. The molecule has 0 N–H and O–H groups in total. The minimum Gasteiger partial charge on any atom is -0.233 e. The number of thiazole rings is 1.